The fourth-order valence-electron chi connectivity index (χ4n) is 3.43. The van der Waals surface area contributed by atoms with Gasteiger partial charge in [-0.25, -0.2) is 0 Å². The lowest BCUT2D eigenvalue weighted by atomic mass is 9.84. The predicted molar refractivity (Wildman–Crippen MR) is 74.3 cm³/mol. The topological polar surface area (TPSA) is 39.1 Å². The molecule has 0 radical (unpaired) electrons. The van der Waals surface area contributed by atoms with Crippen LogP contribution in [0, 0.1) is 11.3 Å². The Hall–Kier alpha value is -0.590. The van der Waals surface area contributed by atoms with Gasteiger partial charge in [0.05, 0.1) is 6.07 Å². The highest BCUT2D eigenvalue weighted by Gasteiger charge is 2.38. The van der Waals surface area contributed by atoms with E-state index in [4.69, 9.17) is 0 Å². The molecule has 1 heterocycles. The van der Waals surface area contributed by atoms with Gasteiger partial charge in [0.1, 0.15) is 5.54 Å². The number of piperidine rings is 1. The molecule has 2 atom stereocenters. The zero-order valence-corrected chi connectivity index (χ0v) is 11.9. The van der Waals surface area contributed by atoms with Gasteiger partial charge in [-0.3, -0.25) is 5.32 Å². The van der Waals surface area contributed by atoms with Crippen LogP contribution < -0.4 is 5.32 Å². The SMILES string of the molecule is CC1CC(C#N)(NC2CCCCCC2)CCN1C. The summed E-state index contributed by atoms with van der Waals surface area (Å²) < 4.78 is 0. The summed E-state index contributed by atoms with van der Waals surface area (Å²) in [5.41, 5.74) is -0.263. The van der Waals surface area contributed by atoms with E-state index >= 15 is 0 Å². The van der Waals surface area contributed by atoms with E-state index in [1.54, 1.807) is 0 Å². The maximum Gasteiger partial charge on any atom is 0.109 e. The van der Waals surface area contributed by atoms with E-state index in [0.717, 1.165) is 19.4 Å². The summed E-state index contributed by atoms with van der Waals surface area (Å²) >= 11 is 0. The minimum Gasteiger partial charge on any atom is -0.303 e. The lowest BCUT2D eigenvalue weighted by Crippen LogP contribution is -2.57. The third-order valence-corrected chi connectivity index (χ3v) is 4.84. The van der Waals surface area contributed by atoms with E-state index in [1.807, 2.05) is 0 Å². The Balaban J connectivity index is 1.97. The number of hydrogen-bond acceptors (Lipinski definition) is 3. The van der Waals surface area contributed by atoms with Crippen molar-refractivity contribution in [3.05, 3.63) is 0 Å². The highest BCUT2D eigenvalue weighted by atomic mass is 15.2. The molecule has 0 aromatic rings. The van der Waals surface area contributed by atoms with Gasteiger partial charge in [0.25, 0.3) is 0 Å². The van der Waals surface area contributed by atoms with Crippen molar-refractivity contribution in [1.82, 2.24) is 10.2 Å². The lowest BCUT2D eigenvalue weighted by molar-refractivity contribution is 0.127. The minimum absolute atomic E-state index is 0.263. The zero-order valence-electron chi connectivity index (χ0n) is 11.9. The average Bonchev–Trinajstić information content (AvgIpc) is 2.63. The van der Waals surface area contributed by atoms with Gasteiger partial charge in [-0.15, -0.1) is 0 Å². The molecule has 0 spiro atoms. The molecule has 3 nitrogen and oxygen atoms in total. The molecule has 0 aromatic heterocycles. The van der Waals surface area contributed by atoms with E-state index < -0.39 is 0 Å². The van der Waals surface area contributed by atoms with Crippen molar-refractivity contribution in [3.8, 4) is 6.07 Å². The van der Waals surface area contributed by atoms with E-state index in [1.165, 1.54) is 38.5 Å². The van der Waals surface area contributed by atoms with Gasteiger partial charge in [0.2, 0.25) is 0 Å². The number of hydrogen-bond donors (Lipinski definition) is 1. The lowest BCUT2D eigenvalue weighted by Gasteiger charge is -2.42. The van der Waals surface area contributed by atoms with Crippen LogP contribution in [-0.2, 0) is 0 Å². The normalized spacial score (nSPS) is 35.9. The average molecular weight is 249 g/mol. The maximum atomic E-state index is 9.62. The first-order valence-electron chi connectivity index (χ1n) is 7.54. The van der Waals surface area contributed by atoms with Crippen molar-refractivity contribution in [1.29, 1.82) is 5.26 Å². The fraction of sp³-hybridized carbons (Fsp3) is 0.933. The monoisotopic (exact) mass is 249 g/mol. The second kappa shape index (κ2) is 6.04. The molecule has 1 aliphatic heterocycles. The Morgan fingerprint density at radius 1 is 1.22 bits per heavy atom. The second-order valence-electron chi connectivity index (χ2n) is 6.31. The quantitative estimate of drug-likeness (QED) is 0.765. The van der Waals surface area contributed by atoms with Gasteiger partial charge in [-0.2, -0.15) is 5.26 Å². The Labute approximate surface area is 112 Å². The summed E-state index contributed by atoms with van der Waals surface area (Å²) in [5.74, 6) is 0. The molecule has 0 amide bonds. The van der Waals surface area contributed by atoms with Gasteiger partial charge in [-0.05, 0) is 39.7 Å². The molecule has 1 N–H and O–H groups in total. The Morgan fingerprint density at radius 3 is 2.44 bits per heavy atom. The van der Waals surface area contributed by atoms with Gasteiger partial charge in [0, 0.05) is 18.6 Å². The van der Waals surface area contributed by atoms with Crippen molar-refractivity contribution in [2.75, 3.05) is 13.6 Å². The van der Waals surface area contributed by atoms with Crippen molar-refractivity contribution in [3.63, 3.8) is 0 Å². The van der Waals surface area contributed by atoms with Gasteiger partial charge in [-0.1, -0.05) is 25.7 Å². The molecular formula is C15H27N3. The Morgan fingerprint density at radius 2 is 1.89 bits per heavy atom. The number of rotatable bonds is 2. The van der Waals surface area contributed by atoms with Crippen molar-refractivity contribution in [2.24, 2.45) is 0 Å². The predicted octanol–water partition coefficient (Wildman–Crippen LogP) is 2.68. The van der Waals surface area contributed by atoms with E-state index in [2.05, 4.69) is 30.3 Å². The summed E-state index contributed by atoms with van der Waals surface area (Å²) in [6, 6.07) is 3.68. The van der Waals surface area contributed by atoms with E-state index in [0.29, 0.717) is 12.1 Å². The van der Waals surface area contributed by atoms with Crippen LogP contribution in [0.3, 0.4) is 0 Å². The molecular weight excluding hydrogens is 222 g/mol. The smallest absolute Gasteiger partial charge is 0.109 e. The van der Waals surface area contributed by atoms with Gasteiger partial charge >= 0.3 is 0 Å². The van der Waals surface area contributed by atoms with Crippen LogP contribution in [0.1, 0.15) is 58.3 Å². The minimum atomic E-state index is -0.263. The molecule has 2 unspecified atom stereocenters. The Kier molecular flexibility index (Phi) is 4.64. The van der Waals surface area contributed by atoms with Crippen LogP contribution in [-0.4, -0.2) is 36.1 Å². The van der Waals surface area contributed by atoms with Crippen molar-refractivity contribution < 1.29 is 0 Å². The summed E-state index contributed by atoms with van der Waals surface area (Å²) in [5, 5.41) is 13.3. The van der Waals surface area contributed by atoms with Crippen LogP contribution in [0.2, 0.25) is 0 Å². The van der Waals surface area contributed by atoms with Crippen molar-refractivity contribution >= 4 is 0 Å². The number of nitrogens with zero attached hydrogens (tertiary/aromatic N) is 2. The summed E-state index contributed by atoms with van der Waals surface area (Å²) in [7, 11) is 2.16. The van der Waals surface area contributed by atoms with Crippen molar-refractivity contribution in [2.45, 2.75) is 75.9 Å². The third-order valence-electron chi connectivity index (χ3n) is 4.84. The highest BCUT2D eigenvalue weighted by Crippen LogP contribution is 2.28. The van der Waals surface area contributed by atoms with Crippen LogP contribution in [0.15, 0.2) is 0 Å². The molecule has 2 aliphatic rings. The van der Waals surface area contributed by atoms with Crippen LogP contribution in [0.4, 0.5) is 0 Å². The molecule has 2 rings (SSSR count). The molecule has 2 fully saturated rings. The fourth-order valence-corrected chi connectivity index (χ4v) is 3.43. The van der Waals surface area contributed by atoms with Crippen LogP contribution in [0.25, 0.3) is 0 Å². The first-order valence-corrected chi connectivity index (χ1v) is 7.54. The number of likely N-dealkylation sites (tertiary alicyclic amines) is 1. The standard InChI is InChI=1S/C15H27N3/c1-13-11-15(12-16,9-10-18(13)2)17-14-7-5-3-4-6-8-14/h13-14,17H,3-11H2,1-2H3. The van der Waals surface area contributed by atoms with Gasteiger partial charge in [0.15, 0.2) is 0 Å². The first kappa shape index (κ1) is 13.8. The summed E-state index contributed by atoms with van der Waals surface area (Å²) in [4.78, 5) is 2.37. The summed E-state index contributed by atoms with van der Waals surface area (Å²) in [6.07, 6.45) is 9.86. The highest BCUT2D eigenvalue weighted by molar-refractivity contribution is 5.12. The summed E-state index contributed by atoms with van der Waals surface area (Å²) in [6.45, 7) is 3.27. The largest absolute Gasteiger partial charge is 0.303 e. The molecule has 102 valence electrons. The Bertz CT molecular complexity index is 301. The third kappa shape index (κ3) is 3.24. The van der Waals surface area contributed by atoms with Gasteiger partial charge < -0.3 is 4.90 Å². The number of nitrogens with one attached hydrogen (secondary N) is 1. The molecule has 18 heavy (non-hydrogen) atoms. The van der Waals surface area contributed by atoms with E-state index in [-0.39, 0.29) is 5.54 Å². The maximum absolute atomic E-state index is 9.62. The second-order valence-corrected chi connectivity index (χ2v) is 6.31. The number of nitriles is 1. The first-order chi connectivity index (χ1) is 8.65. The molecule has 0 bridgehead atoms. The molecule has 1 saturated heterocycles. The van der Waals surface area contributed by atoms with Crippen LogP contribution >= 0.6 is 0 Å². The van der Waals surface area contributed by atoms with E-state index in [9.17, 15) is 5.26 Å². The van der Waals surface area contributed by atoms with Crippen LogP contribution in [0.5, 0.6) is 0 Å². The zero-order chi connectivity index (χ0) is 13.0. The molecule has 0 aromatic carbocycles. The molecule has 3 heteroatoms. The molecule has 1 aliphatic carbocycles. The molecule has 1 saturated carbocycles.